The standard InChI is InChI=1S/C11H13N3O2/c1-14-7-9(5-10(14)15)13-11(16)8-3-2-4-12-6-8/h2-4,6,9H,5,7H2,1H3,(H,13,16)/t9-/m1/s1. The van der Waals surface area contributed by atoms with E-state index in [1.54, 1.807) is 30.3 Å². The Morgan fingerprint density at radius 1 is 1.62 bits per heavy atom. The lowest BCUT2D eigenvalue weighted by Crippen LogP contribution is -2.36. The highest BCUT2D eigenvalue weighted by molar-refractivity contribution is 5.94. The van der Waals surface area contributed by atoms with Crippen LogP contribution in [-0.2, 0) is 4.79 Å². The summed E-state index contributed by atoms with van der Waals surface area (Å²) in [5.41, 5.74) is 0.518. The van der Waals surface area contributed by atoms with Gasteiger partial charge >= 0.3 is 0 Å². The molecule has 0 radical (unpaired) electrons. The number of likely N-dealkylation sites (N-methyl/N-ethyl adjacent to an activating group) is 1. The molecule has 0 unspecified atom stereocenters. The third-order valence-corrected chi connectivity index (χ3v) is 2.60. The number of rotatable bonds is 2. The van der Waals surface area contributed by atoms with E-state index in [0.29, 0.717) is 18.5 Å². The summed E-state index contributed by atoms with van der Waals surface area (Å²) < 4.78 is 0. The van der Waals surface area contributed by atoms with Crippen LogP contribution in [0, 0.1) is 0 Å². The first-order chi connectivity index (χ1) is 7.66. The van der Waals surface area contributed by atoms with Crippen LogP contribution in [0.3, 0.4) is 0 Å². The lowest BCUT2D eigenvalue weighted by Gasteiger charge is -2.11. The number of carbonyl (C=O) groups excluding carboxylic acids is 2. The molecule has 1 saturated heterocycles. The number of carbonyl (C=O) groups is 2. The maximum absolute atomic E-state index is 11.7. The number of hydrogen-bond acceptors (Lipinski definition) is 3. The predicted molar refractivity (Wildman–Crippen MR) is 57.7 cm³/mol. The number of nitrogens with zero attached hydrogens (tertiary/aromatic N) is 2. The zero-order chi connectivity index (χ0) is 11.5. The molecular weight excluding hydrogens is 206 g/mol. The molecule has 0 aliphatic carbocycles. The minimum absolute atomic E-state index is 0.0662. The van der Waals surface area contributed by atoms with Gasteiger partial charge in [-0.25, -0.2) is 0 Å². The molecule has 0 spiro atoms. The van der Waals surface area contributed by atoms with Crippen molar-refractivity contribution in [1.29, 1.82) is 0 Å². The molecule has 0 aromatic carbocycles. The first kappa shape index (κ1) is 10.6. The van der Waals surface area contributed by atoms with E-state index in [9.17, 15) is 9.59 Å². The summed E-state index contributed by atoms with van der Waals surface area (Å²) in [6, 6.07) is 3.31. The van der Waals surface area contributed by atoms with Crippen molar-refractivity contribution in [3.8, 4) is 0 Å². The SMILES string of the molecule is CN1C[C@H](NC(=O)c2cccnc2)CC1=O. The van der Waals surface area contributed by atoms with E-state index in [-0.39, 0.29) is 17.9 Å². The van der Waals surface area contributed by atoms with Crippen molar-refractivity contribution in [2.75, 3.05) is 13.6 Å². The monoisotopic (exact) mass is 219 g/mol. The number of nitrogens with one attached hydrogen (secondary N) is 1. The molecule has 5 heteroatoms. The number of likely N-dealkylation sites (tertiary alicyclic amines) is 1. The van der Waals surface area contributed by atoms with Crippen LogP contribution >= 0.6 is 0 Å². The topological polar surface area (TPSA) is 62.3 Å². The Kier molecular flexibility index (Phi) is 2.85. The zero-order valence-electron chi connectivity index (χ0n) is 9.01. The van der Waals surface area contributed by atoms with Gasteiger partial charge in [-0.2, -0.15) is 0 Å². The number of hydrogen-bond donors (Lipinski definition) is 1. The van der Waals surface area contributed by atoms with Crippen molar-refractivity contribution >= 4 is 11.8 Å². The van der Waals surface area contributed by atoms with Crippen LogP contribution in [0.2, 0.25) is 0 Å². The lowest BCUT2D eigenvalue weighted by atomic mass is 10.2. The van der Waals surface area contributed by atoms with E-state index in [1.807, 2.05) is 0 Å². The van der Waals surface area contributed by atoms with E-state index in [1.165, 1.54) is 6.20 Å². The Morgan fingerprint density at radius 2 is 2.44 bits per heavy atom. The summed E-state index contributed by atoms with van der Waals surface area (Å²) >= 11 is 0. The third kappa shape index (κ3) is 2.18. The van der Waals surface area contributed by atoms with Crippen molar-refractivity contribution in [3.05, 3.63) is 30.1 Å². The molecule has 1 N–H and O–H groups in total. The fourth-order valence-electron chi connectivity index (χ4n) is 1.73. The van der Waals surface area contributed by atoms with Gasteiger partial charge in [-0.1, -0.05) is 0 Å². The van der Waals surface area contributed by atoms with Gasteiger partial charge in [-0.15, -0.1) is 0 Å². The highest BCUT2D eigenvalue weighted by Gasteiger charge is 2.27. The van der Waals surface area contributed by atoms with E-state index in [0.717, 1.165) is 0 Å². The normalized spacial score (nSPS) is 19.9. The summed E-state index contributed by atoms with van der Waals surface area (Å²) in [5, 5.41) is 2.81. The van der Waals surface area contributed by atoms with Crippen LogP contribution in [0.15, 0.2) is 24.5 Å². The molecule has 84 valence electrons. The van der Waals surface area contributed by atoms with E-state index < -0.39 is 0 Å². The summed E-state index contributed by atoms with van der Waals surface area (Å²) in [5.74, 6) is -0.113. The van der Waals surface area contributed by atoms with E-state index in [2.05, 4.69) is 10.3 Å². The van der Waals surface area contributed by atoms with Gasteiger partial charge in [0.2, 0.25) is 5.91 Å². The number of aromatic nitrogens is 1. The fraction of sp³-hybridized carbons (Fsp3) is 0.364. The Bertz CT molecular complexity index is 405. The van der Waals surface area contributed by atoms with Gasteiger partial charge < -0.3 is 10.2 Å². The molecule has 2 rings (SSSR count). The molecular formula is C11H13N3O2. The first-order valence-electron chi connectivity index (χ1n) is 5.11. The summed E-state index contributed by atoms with van der Waals surface area (Å²) in [4.78, 5) is 28.5. The van der Waals surface area contributed by atoms with Crippen molar-refractivity contribution in [2.24, 2.45) is 0 Å². The summed E-state index contributed by atoms with van der Waals surface area (Å²) in [6.07, 6.45) is 3.50. The number of pyridine rings is 1. The van der Waals surface area contributed by atoms with Crippen LogP contribution < -0.4 is 5.32 Å². The highest BCUT2D eigenvalue weighted by Crippen LogP contribution is 2.09. The first-order valence-corrected chi connectivity index (χ1v) is 5.11. The zero-order valence-corrected chi connectivity index (χ0v) is 9.01. The van der Waals surface area contributed by atoms with Crippen LogP contribution in [0.1, 0.15) is 16.8 Å². The van der Waals surface area contributed by atoms with Crippen molar-refractivity contribution < 1.29 is 9.59 Å². The third-order valence-electron chi connectivity index (χ3n) is 2.60. The quantitative estimate of drug-likeness (QED) is 0.764. The second-order valence-electron chi connectivity index (χ2n) is 3.89. The van der Waals surface area contributed by atoms with Crippen molar-refractivity contribution in [2.45, 2.75) is 12.5 Å². The van der Waals surface area contributed by atoms with Crippen LogP contribution in [0.25, 0.3) is 0 Å². The average Bonchev–Trinajstić information content (AvgIpc) is 2.59. The maximum atomic E-state index is 11.7. The summed E-state index contributed by atoms with van der Waals surface area (Å²) in [7, 11) is 1.73. The molecule has 1 atom stereocenters. The molecule has 2 heterocycles. The molecule has 1 aliphatic heterocycles. The van der Waals surface area contributed by atoms with Gasteiger partial charge in [-0.3, -0.25) is 14.6 Å². The molecule has 0 saturated carbocycles. The molecule has 0 bridgehead atoms. The predicted octanol–water partition coefficient (Wildman–Crippen LogP) is 0.0421. The molecule has 1 aromatic rings. The van der Waals surface area contributed by atoms with Gasteiger partial charge in [0, 0.05) is 32.4 Å². The molecule has 2 amide bonds. The smallest absolute Gasteiger partial charge is 0.253 e. The second-order valence-corrected chi connectivity index (χ2v) is 3.89. The molecule has 1 aromatic heterocycles. The largest absolute Gasteiger partial charge is 0.347 e. The second kappa shape index (κ2) is 4.30. The van der Waals surface area contributed by atoms with E-state index >= 15 is 0 Å². The molecule has 1 fully saturated rings. The van der Waals surface area contributed by atoms with Gasteiger partial charge in [0.15, 0.2) is 0 Å². The Hall–Kier alpha value is -1.91. The minimum atomic E-state index is -0.179. The van der Waals surface area contributed by atoms with Gasteiger partial charge in [0.25, 0.3) is 5.91 Å². The Labute approximate surface area is 93.5 Å². The van der Waals surface area contributed by atoms with Crippen molar-refractivity contribution in [1.82, 2.24) is 15.2 Å². The summed E-state index contributed by atoms with van der Waals surface area (Å²) in [6.45, 7) is 0.574. The number of amides is 2. The highest BCUT2D eigenvalue weighted by atomic mass is 16.2. The van der Waals surface area contributed by atoms with Gasteiger partial charge in [0.1, 0.15) is 0 Å². The minimum Gasteiger partial charge on any atom is -0.347 e. The van der Waals surface area contributed by atoms with Gasteiger partial charge in [-0.05, 0) is 12.1 Å². The maximum Gasteiger partial charge on any atom is 0.253 e. The average molecular weight is 219 g/mol. The van der Waals surface area contributed by atoms with Crippen molar-refractivity contribution in [3.63, 3.8) is 0 Å². The van der Waals surface area contributed by atoms with Crippen LogP contribution in [-0.4, -0.2) is 41.3 Å². The van der Waals surface area contributed by atoms with Gasteiger partial charge in [0.05, 0.1) is 11.6 Å². The molecule has 16 heavy (non-hydrogen) atoms. The van der Waals surface area contributed by atoms with E-state index in [4.69, 9.17) is 0 Å². The van der Waals surface area contributed by atoms with Crippen LogP contribution in [0.4, 0.5) is 0 Å². The van der Waals surface area contributed by atoms with Crippen LogP contribution in [0.5, 0.6) is 0 Å². The molecule has 1 aliphatic rings. The molecule has 5 nitrogen and oxygen atoms in total. The fourth-order valence-corrected chi connectivity index (χ4v) is 1.73. The Morgan fingerprint density at radius 3 is 3.00 bits per heavy atom. The lowest BCUT2D eigenvalue weighted by molar-refractivity contribution is -0.126. The Balaban J connectivity index is 1.97.